The van der Waals surface area contributed by atoms with Crippen molar-refractivity contribution in [3.63, 3.8) is 0 Å². The van der Waals surface area contributed by atoms with Gasteiger partial charge < -0.3 is 10.6 Å². The quantitative estimate of drug-likeness (QED) is 0.619. The average Bonchev–Trinajstić information content (AvgIpc) is 2.43. The van der Waals surface area contributed by atoms with Gasteiger partial charge in [0.2, 0.25) is 0 Å². The molecule has 0 unspecified atom stereocenters. The number of nitro benzene ring substituents is 1. The lowest BCUT2D eigenvalue weighted by Crippen LogP contribution is -2.00. The van der Waals surface area contributed by atoms with Crippen molar-refractivity contribution < 1.29 is 4.92 Å². The van der Waals surface area contributed by atoms with E-state index in [-0.39, 0.29) is 5.69 Å². The first kappa shape index (κ1) is 15.1. The number of nitrogens with zero attached hydrogens (tertiary/aromatic N) is 1. The van der Waals surface area contributed by atoms with Crippen molar-refractivity contribution in [1.82, 2.24) is 0 Å². The third kappa shape index (κ3) is 3.64. The van der Waals surface area contributed by atoms with E-state index < -0.39 is 4.92 Å². The van der Waals surface area contributed by atoms with Crippen LogP contribution in [0.5, 0.6) is 0 Å². The molecule has 21 heavy (non-hydrogen) atoms. The molecule has 2 rings (SSSR count). The van der Waals surface area contributed by atoms with Gasteiger partial charge in [-0.3, -0.25) is 10.1 Å². The molecule has 0 aliphatic heterocycles. The number of nitrogens with one attached hydrogen (secondary N) is 2. The Balaban J connectivity index is 2.41. The van der Waals surface area contributed by atoms with Crippen LogP contribution in [0.4, 0.5) is 22.7 Å². The fourth-order valence-corrected chi connectivity index (χ4v) is 2.30. The number of hydrogen-bond acceptors (Lipinski definition) is 4. The summed E-state index contributed by atoms with van der Waals surface area (Å²) in [6.07, 6.45) is 0. The monoisotopic (exact) mass is 305 g/mol. The molecule has 110 valence electrons. The Morgan fingerprint density at radius 3 is 2.57 bits per heavy atom. The number of rotatable bonds is 5. The van der Waals surface area contributed by atoms with E-state index in [0.717, 1.165) is 11.3 Å². The van der Waals surface area contributed by atoms with Crippen LogP contribution in [0.25, 0.3) is 0 Å². The zero-order valence-corrected chi connectivity index (χ0v) is 12.6. The highest BCUT2D eigenvalue weighted by Gasteiger charge is 2.11. The standard InChI is InChI=1S/C15H16ClN3O2/c1-3-17-11-7-12(9-13(8-11)19(20)21)18-15-10(2)5-4-6-14(15)16/h4-9,17-18H,3H2,1-2H3. The maximum absolute atomic E-state index is 11.0. The van der Waals surface area contributed by atoms with E-state index in [1.54, 1.807) is 6.07 Å². The molecule has 0 fully saturated rings. The lowest BCUT2D eigenvalue weighted by Gasteiger charge is -2.13. The van der Waals surface area contributed by atoms with Gasteiger partial charge in [0, 0.05) is 30.1 Å². The molecule has 0 aromatic heterocycles. The van der Waals surface area contributed by atoms with Crippen LogP contribution in [0.2, 0.25) is 5.02 Å². The number of para-hydroxylation sites is 1. The summed E-state index contributed by atoms with van der Waals surface area (Å²) in [5.74, 6) is 0. The SMILES string of the molecule is CCNc1cc(Nc2c(C)cccc2Cl)cc([N+](=O)[O-])c1. The molecule has 0 amide bonds. The summed E-state index contributed by atoms with van der Waals surface area (Å²) >= 11 is 6.17. The van der Waals surface area contributed by atoms with Gasteiger partial charge in [0.25, 0.3) is 5.69 Å². The molecule has 2 aromatic rings. The van der Waals surface area contributed by atoms with Crippen LogP contribution < -0.4 is 10.6 Å². The smallest absolute Gasteiger partial charge is 0.273 e. The van der Waals surface area contributed by atoms with Crippen LogP contribution >= 0.6 is 11.6 Å². The molecule has 0 saturated heterocycles. The molecule has 6 heteroatoms. The number of hydrogen-bond donors (Lipinski definition) is 2. The van der Waals surface area contributed by atoms with Crippen LogP contribution in [0, 0.1) is 17.0 Å². The predicted molar refractivity (Wildman–Crippen MR) is 86.7 cm³/mol. The van der Waals surface area contributed by atoms with Crippen molar-refractivity contribution in [2.24, 2.45) is 0 Å². The van der Waals surface area contributed by atoms with Gasteiger partial charge in [-0.25, -0.2) is 0 Å². The molecule has 0 spiro atoms. The predicted octanol–water partition coefficient (Wildman–Crippen LogP) is 4.73. The highest BCUT2D eigenvalue weighted by atomic mass is 35.5. The number of halogens is 1. The molecular weight excluding hydrogens is 290 g/mol. The Morgan fingerprint density at radius 2 is 1.95 bits per heavy atom. The third-order valence-electron chi connectivity index (χ3n) is 3.00. The highest BCUT2D eigenvalue weighted by molar-refractivity contribution is 6.33. The summed E-state index contributed by atoms with van der Waals surface area (Å²) in [6.45, 7) is 4.55. The zero-order valence-electron chi connectivity index (χ0n) is 11.8. The van der Waals surface area contributed by atoms with E-state index in [4.69, 9.17) is 11.6 Å². The summed E-state index contributed by atoms with van der Waals surface area (Å²) in [5, 5.41) is 17.8. The molecular formula is C15H16ClN3O2. The van der Waals surface area contributed by atoms with E-state index in [2.05, 4.69) is 10.6 Å². The molecule has 0 bridgehead atoms. The van der Waals surface area contributed by atoms with Gasteiger partial charge in [0.1, 0.15) is 0 Å². The Bertz CT molecular complexity index is 654. The molecule has 0 atom stereocenters. The minimum Gasteiger partial charge on any atom is -0.385 e. The Labute approximate surface area is 128 Å². The summed E-state index contributed by atoms with van der Waals surface area (Å²) in [5.41, 5.74) is 3.07. The Kier molecular flexibility index (Phi) is 4.65. The third-order valence-corrected chi connectivity index (χ3v) is 3.32. The maximum atomic E-state index is 11.0. The van der Waals surface area contributed by atoms with Crippen molar-refractivity contribution in [2.45, 2.75) is 13.8 Å². The van der Waals surface area contributed by atoms with Gasteiger partial charge in [-0.15, -0.1) is 0 Å². The van der Waals surface area contributed by atoms with Gasteiger partial charge in [0.15, 0.2) is 0 Å². The van der Waals surface area contributed by atoms with E-state index in [1.165, 1.54) is 12.1 Å². The van der Waals surface area contributed by atoms with E-state index in [1.807, 2.05) is 32.0 Å². The van der Waals surface area contributed by atoms with Crippen molar-refractivity contribution in [3.05, 3.63) is 57.1 Å². The van der Waals surface area contributed by atoms with Gasteiger partial charge in [-0.2, -0.15) is 0 Å². The second kappa shape index (κ2) is 6.45. The van der Waals surface area contributed by atoms with Gasteiger partial charge in [-0.05, 0) is 31.5 Å². The fourth-order valence-electron chi connectivity index (χ4n) is 2.03. The summed E-state index contributed by atoms with van der Waals surface area (Å²) in [4.78, 5) is 10.6. The van der Waals surface area contributed by atoms with Crippen molar-refractivity contribution >= 4 is 34.4 Å². The average molecular weight is 306 g/mol. The summed E-state index contributed by atoms with van der Waals surface area (Å²) < 4.78 is 0. The second-order valence-electron chi connectivity index (χ2n) is 4.61. The number of anilines is 3. The van der Waals surface area contributed by atoms with Crippen LogP contribution in [-0.2, 0) is 0 Å². The maximum Gasteiger partial charge on any atom is 0.273 e. The number of aryl methyl sites for hydroxylation is 1. The Morgan fingerprint density at radius 1 is 1.24 bits per heavy atom. The first-order valence-corrected chi connectivity index (χ1v) is 6.94. The molecule has 2 aromatic carbocycles. The number of benzene rings is 2. The molecule has 0 saturated carbocycles. The summed E-state index contributed by atoms with van der Waals surface area (Å²) in [7, 11) is 0. The van der Waals surface area contributed by atoms with Crippen molar-refractivity contribution in [1.29, 1.82) is 0 Å². The lowest BCUT2D eigenvalue weighted by atomic mass is 10.2. The highest BCUT2D eigenvalue weighted by Crippen LogP contribution is 2.31. The van der Waals surface area contributed by atoms with Gasteiger partial charge >= 0.3 is 0 Å². The van der Waals surface area contributed by atoms with Crippen LogP contribution in [0.1, 0.15) is 12.5 Å². The number of non-ortho nitro benzene ring substituents is 1. The van der Waals surface area contributed by atoms with Crippen LogP contribution in [0.15, 0.2) is 36.4 Å². The zero-order chi connectivity index (χ0) is 15.4. The van der Waals surface area contributed by atoms with Gasteiger partial charge in [0.05, 0.1) is 15.6 Å². The van der Waals surface area contributed by atoms with Crippen LogP contribution in [-0.4, -0.2) is 11.5 Å². The molecule has 2 N–H and O–H groups in total. The van der Waals surface area contributed by atoms with E-state index in [0.29, 0.717) is 22.9 Å². The summed E-state index contributed by atoms with van der Waals surface area (Å²) in [6, 6.07) is 10.4. The fraction of sp³-hybridized carbons (Fsp3) is 0.200. The van der Waals surface area contributed by atoms with Crippen molar-refractivity contribution in [2.75, 3.05) is 17.2 Å². The Hall–Kier alpha value is -2.27. The second-order valence-corrected chi connectivity index (χ2v) is 5.02. The topological polar surface area (TPSA) is 67.2 Å². The molecule has 0 aliphatic carbocycles. The molecule has 0 heterocycles. The normalized spacial score (nSPS) is 10.2. The molecule has 5 nitrogen and oxygen atoms in total. The minimum absolute atomic E-state index is 0.0284. The number of nitro groups is 1. The first-order valence-electron chi connectivity index (χ1n) is 6.56. The van der Waals surface area contributed by atoms with E-state index in [9.17, 15) is 10.1 Å². The van der Waals surface area contributed by atoms with E-state index >= 15 is 0 Å². The van der Waals surface area contributed by atoms with Crippen molar-refractivity contribution in [3.8, 4) is 0 Å². The van der Waals surface area contributed by atoms with Crippen LogP contribution in [0.3, 0.4) is 0 Å². The lowest BCUT2D eigenvalue weighted by molar-refractivity contribution is -0.384. The molecule has 0 radical (unpaired) electrons. The first-order chi connectivity index (χ1) is 10.0. The minimum atomic E-state index is -0.411. The van der Waals surface area contributed by atoms with Gasteiger partial charge in [-0.1, -0.05) is 23.7 Å². The largest absolute Gasteiger partial charge is 0.385 e. The molecule has 0 aliphatic rings.